The van der Waals surface area contributed by atoms with E-state index in [0.717, 1.165) is 12.1 Å². The van der Waals surface area contributed by atoms with E-state index in [0.29, 0.717) is 13.1 Å². The van der Waals surface area contributed by atoms with Gasteiger partial charge in [0.15, 0.2) is 0 Å². The van der Waals surface area contributed by atoms with Crippen LogP contribution in [0.15, 0.2) is 46.1 Å². The summed E-state index contributed by atoms with van der Waals surface area (Å²) in [7, 11) is 0. The van der Waals surface area contributed by atoms with Crippen LogP contribution in [-0.2, 0) is 13.1 Å². The van der Waals surface area contributed by atoms with E-state index in [-0.39, 0.29) is 5.56 Å². The molecule has 0 spiro atoms. The van der Waals surface area contributed by atoms with Gasteiger partial charge in [-0.2, -0.15) is 5.10 Å². The monoisotopic (exact) mass is 219 g/mol. The first kappa shape index (κ1) is 10.6. The molecule has 84 valence electrons. The molecule has 0 bridgehead atoms. The van der Waals surface area contributed by atoms with Gasteiger partial charge in [-0.05, 0) is 12.1 Å². The van der Waals surface area contributed by atoms with Crippen molar-refractivity contribution in [1.29, 1.82) is 0 Å². The van der Waals surface area contributed by atoms with Crippen molar-refractivity contribution in [2.45, 2.75) is 13.1 Å². The molecule has 2 heterocycles. The average molecular weight is 219 g/mol. The fourth-order valence-electron chi connectivity index (χ4n) is 1.37. The summed E-state index contributed by atoms with van der Waals surface area (Å²) in [4.78, 5) is 11.3. The highest BCUT2D eigenvalue weighted by molar-refractivity contribution is 5.04. The lowest BCUT2D eigenvalue weighted by atomic mass is 10.3. The van der Waals surface area contributed by atoms with Crippen LogP contribution in [-0.4, -0.2) is 16.3 Å². The lowest BCUT2D eigenvalue weighted by Crippen LogP contribution is -2.27. The molecule has 0 unspecified atom stereocenters. The second-order valence-corrected chi connectivity index (χ2v) is 3.39. The van der Waals surface area contributed by atoms with Gasteiger partial charge in [0.2, 0.25) is 0 Å². The molecule has 2 aromatic heterocycles. The largest absolute Gasteiger partial charge is 0.472 e. The number of nitrogens with one attached hydrogen (secondary N) is 1. The van der Waals surface area contributed by atoms with Crippen LogP contribution in [0.3, 0.4) is 0 Å². The molecule has 0 saturated heterocycles. The minimum absolute atomic E-state index is 0.0763. The molecular formula is C11H13N3O2. The molecule has 0 aliphatic heterocycles. The Morgan fingerprint density at radius 2 is 2.38 bits per heavy atom. The highest BCUT2D eigenvalue weighted by atomic mass is 16.3. The second-order valence-electron chi connectivity index (χ2n) is 3.39. The van der Waals surface area contributed by atoms with Crippen molar-refractivity contribution in [3.05, 3.63) is 52.8 Å². The third-order valence-electron chi connectivity index (χ3n) is 2.19. The first-order valence-electron chi connectivity index (χ1n) is 5.10. The third-order valence-corrected chi connectivity index (χ3v) is 2.19. The Morgan fingerprint density at radius 3 is 3.12 bits per heavy atom. The highest BCUT2D eigenvalue weighted by Gasteiger charge is 1.96. The Kier molecular flexibility index (Phi) is 3.50. The summed E-state index contributed by atoms with van der Waals surface area (Å²) < 4.78 is 6.37. The van der Waals surface area contributed by atoms with Gasteiger partial charge in [0.05, 0.1) is 19.1 Å². The number of furan rings is 1. The minimum Gasteiger partial charge on any atom is -0.472 e. The number of rotatable bonds is 5. The summed E-state index contributed by atoms with van der Waals surface area (Å²) in [6.45, 7) is 2.00. The Morgan fingerprint density at radius 1 is 1.44 bits per heavy atom. The number of aromatic nitrogens is 2. The van der Waals surface area contributed by atoms with Gasteiger partial charge >= 0.3 is 0 Å². The first-order valence-corrected chi connectivity index (χ1v) is 5.10. The van der Waals surface area contributed by atoms with Crippen LogP contribution in [0.2, 0.25) is 0 Å². The summed E-state index contributed by atoms with van der Waals surface area (Å²) in [5.41, 5.74) is 1.01. The molecule has 0 aliphatic carbocycles. The van der Waals surface area contributed by atoms with Gasteiger partial charge in [0, 0.05) is 30.9 Å². The Hall–Kier alpha value is -1.88. The summed E-state index contributed by atoms with van der Waals surface area (Å²) in [6.07, 6.45) is 4.94. The molecule has 2 aromatic rings. The van der Waals surface area contributed by atoms with Crippen molar-refractivity contribution >= 4 is 0 Å². The molecule has 0 aromatic carbocycles. The van der Waals surface area contributed by atoms with Crippen LogP contribution in [0.4, 0.5) is 0 Å². The number of nitrogens with zero attached hydrogens (tertiary/aromatic N) is 2. The van der Waals surface area contributed by atoms with E-state index in [4.69, 9.17) is 4.42 Å². The van der Waals surface area contributed by atoms with Crippen molar-refractivity contribution in [3.63, 3.8) is 0 Å². The highest BCUT2D eigenvalue weighted by Crippen LogP contribution is 1.97. The van der Waals surface area contributed by atoms with Gasteiger partial charge in [-0.3, -0.25) is 4.79 Å². The Bertz CT molecular complexity index is 476. The lowest BCUT2D eigenvalue weighted by molar-refractivity contribution is 0.526. The predicted octanol–water partition coefficient (Wildman–Crippen LogP) is 0.626. The van der Waals surface area contributed by atoms with Crippen molar-refractivity contribution < 1.29 is 4.42 Å². The molecule has 0 atom stereocenters. The van der Waals surface area contributed by atoms with Crippen LogP contribution in [0, 0.1) is 0 Å². The topological polar surface area (TPSA) is 60.1 Å². The molecular weight excluding hydrogens is 206 g/mol. The van der Waals surface area contributed by atoms with Crippen molar-refractivity contribution in [2.75, 3.05) is 6.54 Å². The molecule has 5 heteroatoms. The smallest absolute Gasteiger partial charge is 0.266 e. The molecule has 16 heavy (non-hydrogen) atoms. The second kappa shape index (κ2) is 5.27. The zero-order chi connectivity index (χ0) is 11.2. The maximum absolute atomic E-state index is 11.3. The minimum atomic E-state index is -0.0763. The fourth-order valence-corrected chi connectivity index (χ4v) is 1.37. The summed E-state index contributed by atoms with van der Waals surface area (Å²) in [5, 5.41) is 7.16. The molecule has 0 aliphatic rings. The van der Waals surface area contributed by atoms with Crippen molar-refractivity contribution in [2.24, 2.45) is 0 Å². The normalized spacial score (nSPS) is 10.5. The predicted molar refractivity (Wildman–Crippen MR) is 58.9 cm³/mol. The zero-order valence-corrected chi connectivity index (χ0v) is 8.80. The summed E-state index contributed by atoms with van der Waals surface area (Å²) in [5.74, 6) is 0. The van der Waals surface area contributed by atoms with E-state index < -0.39 is 0 Å². The first-order chi connectivity index (χ1) is 7.86. The van der Waals surface area contributed by atoms with E-state index in [1.165, 1.54) is 10.7 Å². The van der Waals surface area contributed by atoms with Crippen LogP contribution in [0.5, 0.6) is 0 Å². The van der Waals surface area contributed by atoms with Crippen LogP contribution in [0.25, 0.3) is 0 Å². The van der Waals surface area contributed by atoms with E-state index >= 15 is 0 Å². The molecule has 0 saturated carbocycles. The van der Waals surface area contributed by atoms with Crippen LogP contribution < -0.4 is 10.9 Å². The van der Waals surface area contributed by atoms with Crippen molar-refractivity contribution in [1.82, 2.24) is 15.1 Å². The summed E-state index contributed by atoms with van der Waals surface area (Å²) >= 11 is 0. The molecule has 2 rings (SSSR count). The lowest BCUT2D eigenvalue weighted by Gasteiger charge is -2.04. The molecule has 0 fully saturated rings. The van der Waals surface area contributed by atoms with E-state index in [1.807, 2.05) is 6.07 Å². The van der Waals surface area contributed by atoms with Crippen LogP contribution in [0.1, 0.15) is 5.56 Å². The summed E-state index contributed by atoms with van der Waals surface area (Å²) in [6, 6.07) is 5.04. The quantitative estimate of drug-likeness (QED) is 0.749. The maximum Gasteiger partial charge on any atom is 0.266 e. The SMILES string of the molecule is O=c1cccnn1CCNCc1ccoc1. The Balaban J connectivity index is 1.76. The number of hydrogen-bond donors (Lipinski definition) is 1. The van der Waals surface area contributed by atoms with E-state index in [1.54, 1.807) is 24.8 Å². The zero-order valence-electron chi connectivity index (χ0n) is 8.80. The molecule has 0 radical (unpaired) electrons. The maximum atomic E-state index is 11.3. The average Bonchev–Trinajstić information content (AvgIpc) is 2.79. The Labute approximate surface area is 92.7 Å². The third kappa shape index (κ3) is 2.80. The van der Waals surface area contributed by atoms with Gasteiger partial charge in [-0.1, -0.05) is 0 Å². The van der Waals surface area contributed by atoms with Gasteiger partial charge in [0.25, 0.3) is 5.56 Å². The van der Waals surface area contributed by atoms with Gasteiger partial charge < -0.3 is 9.73 Å². The molecule has 0 amide bonds. The van der Waals surface area contributed by atoms with Gasteiger partial charge in [-0.25, -0.2) is 4.68 Å². The van der Waals surface area contributed by atoms with E-state index in [2.05, 4.69) is 10.4 Å². The standard InChI is InChI=1S/C11H13N3O2/c15-11-2-1-4-13-14(11)6-5-12-8-10-3-7-16-9-10/h1-4,7,9,12H,5-6,8H2. The van der Waals surface area contributed by atoms with Crippen LogP contribution >= 0.6 is 0 Å². The van der Waals surface area contributed by atoms with Gasteiger partial charge in [-0.15, -0.1) is 0 Å². The van der Waals surface area contributed by atoms with E-state index in [9.17, 15) is 4.79 Å². The molecule has 1 N–H and O–H groups in total. The van der Waals surface area contributed by atoms with Crippen molar-refractivity contribution in [3.8, 4) is 0 Å². The fraction of sp³-hybridized carbons (Fsp3) is 0.273. The number of hydrogen-bond acceptors (Lipinski definition) is 4. The molecule has 5 nitrogen and oxygen atoms in total. The van der Waals surface area contributed by atoms with Gasteiger partial charge in [0.1, 0.15) is 0 Å².